The largest absolute Gasteiger partial charge is 0.374 e. The first-order chi connectivity index (χ1) is 5.84. The van der Waals surface area contributed by atoms with Crippen molar-refractivity contribution in [1.82, 2.24) is 0 Å². The van der Waals surface area contributed by atoms with Crippen LogP contribution in [-0.2, 0) is 0 Å². The van der Waals surface area contributed by atoms with Gasteiger partial charge in [0.1, 0.15) is 4.93 Å². The normalized spacial score (nSPS) is 37.8. The van der Waals surface area contributed by atoms with Gasteiger partial charge in [0.05, 0.1) is 5.25 Å². The Morgan fingerprint density at radius 1 is 1.46 bits per heavy atom. The maximum atomic E-state index is 9.95. The SMILES string of the molecule is CC1=CC(C(C)(C)C)=CC2SC12O. The van der Waals surface area contributed by atoms with E-state index in [0.717, 1.165) is 5.57 Å². The van der Waals surface area contributed by atoms with Crippen molar-refractivity contribution in [3.8, 4) is 0 Å². The molecule has 2 aliphatic rings. The third kappa shape index (κ3) is 1.36. The van der Waals surface area contributed by atoms with Crippen LogP contribution in [0.25, 0.3) is 0 Å². The molecule has 0 spiro atoms. The quantitative estimate of drug-likeness (QED) is 0.601. The Bertz CT molecular complexity index is 309. The predicted molar refractivity (Wildman–Crippen MR) is 57.6 cm³/mol. The van der Waals surface area contributed by atoms with Gasteiger partial charge in [-0.15, -0.1) is 11.8 Å². The first-order valence-corrected chi connectivity index (χ1v) is 5.53. The topological polar surface area (TPSA) is 20.2 Å². The summed E-state index contributed by atoms with van der Waals surface area (Å²) in [5.74, 6) is 0. The second kappa shape index (κ2) is 2.43. The van der Waals surface area contributed by atoms with Gasteiger partial charge < -0.3 is 5.11 Å². The molecule has 0 aromatic carbocycles. The highest BCUT2D eigenvalue weighted by atomic mass is 32.2. The van der Waals surface area contributed by atoms with Crippen LogP contribution in [0.15, 0.2) is 23.3 Å². The number of hydrogen-bond acceptors (Lipinski definition) is 2. The van der Waals surface area contributed by atoms with E-state index in [-0.39, 0.29) is 5.41 Å². The zero-order valence-corrected chi connectivity index (χ0v) is 9.40. The van der Waals surface area contributed by atoms with Crippen LogP contribution < -0.4 is 0 Å². The Morgan fingerprint density at radius 3 is 2.54 bits per heavy atom. The minimum Gasteiger partial charge on any atom is -0.374 e. The van der Waals surface area contributed by atoms with Gasteiger partial charge in [-0.05, 0) is 23.5 Å². The molecule has 1 aliphatic heterocycles. The number of thioether (sulfide) groups is 1. The molecule has 1 heterocycles. The van der Waals surface area contributed by atoms with Crippen LogP contribution in [0.1, 0.15) is 27.7 Å². The molecule has 72 valence electrons. The molecule has 0 bridgehead atoms. The summed E-state index contributed by atoms with van der Waals surface area (Å²) in [6.07, 6.45) is 4.34. The molecule has 2 unspecified atom stereocenters. The highest BCUT2D eigenvalue weighted by Crippen LogP contribution is 2.60. The van der Waals surface area contributed by atoms with Crippen LogP contribution in [0.4, 0.5) is 0 Å². The highest BCUT2D eigenvalue weighted by molar-refractivity contribution is 8.08. The van der Waals surface area contributed by atoms with E-state index in [2.05, 4.69) is 32.9 Å². The van der Waals surface area contributed by atoms with Gasteiger partial charge in [-0.3, -0.25) is 0 Å². The van der Waals surface area contributed by atoms with E-state index >= 15 is 0 Å². The van der Waals surface area contributed by atoms with E-state index < -0.39 is 4.93 Å². The van der Waals surface area contributed by atoms with Gasteiger partial charge in [-0.1, -0.05) is 32.9 Å². The van der Waals surface area contributed by atoms with Crippen molar-refractivity contribution in [2.75, 3.05) is 0 Å². The smallest absolute Gasteiger partial charge is 0.148 e. The molecular formula is C11H16OS. The Morgan fingerprint density at radius 2 is 2.08 bits per heavy atom. The standard InChI is InChI=1S/C11H16OS/c1-7-5-8(10(2,3)4)6-9-11(7,12)13-9/h5-6,9,12H,1-4H3. The lowest BCUT2D eigenvalue weighted by atomic mass is 9.81. The van der Waals surface area contributed by atoms with Gasteiger partial charge in [0, 0.05) is 0 Å². The first kappa shape index (κ1) is 9.35. The Kier molecular flexibility index (Phi) is 1.74. The van der Waals surface area contributed by atoms with E-state index in [0.29, 0.717) is 5.25 Å². The first-order valence-electron chi connectivity index (χ1n) is 4.65. The summed E-state index contributed by atoms with van der Waals surface area (Å²) in [7, 11) is 0. The molecule has 1 N–H and O–H groups in total. The third-order valence-corrected chi connectivity index (χ3v) is 4.18. The molecule has 2 atom stereocenters. The van der Waals surface area contributed by atoms with Gasteiger partial charge in [0.15, 0.2) is 0 Å². The van der Waals surface area contributed by atoms with Crippen LogP contribution in [0.3, 0.4) is 0 Å². The molecule has 1 aliphatic carbocycles. The van der Waals surface area contributed by atoms with Gasteiger partial charge in [0.2, 0.25) is 0 Å². The monoisotopic (exact) mass is 196 g/mol. The van der Waals surface area contributed by atoms with Crippen LogP contribution in [0, 0.1) is 5.41 Å². The summed E-state index contributed by atoms with van der Waals surface area (Å²) in [5.41, 5.74) is 2.66. The van der Waals surface area contributed by atoms with E-state index in [1.165, 1.54) is 5.57 Å². The summed E-state index contributed by atoms with van der Waals surface area (Å²) in [6.45, 7) is 8.64. The van der Waals surface area contributed by atoms with E-state index in [9.17, 15) is 5.11 Å². The van der Waals surface area contributed by atoms with Crippen LogP contribution >= 0.6 is 11.8 Å². The lowest BCUT2D eigenvalue weighted by molar-refractivity contribution is 0.214. The zero-order valence-electron chi connectivity index (χ0n) is 8.59. The molecule has 0 amide bonds. The molecule has 0 saturated carbocycles. The number of hydrogen-bond donors (Lipinski definition) is 1. The van der Waals surface area contributed by atoms with Crippen LogP contribution in [-0.4, -0.2) is 15.3 Å². The Balaban J connectivity index is 2.33. The fourth-order valence-electron chi connectivity index (χ4n) is 1.64. The van der Waals surface area contributed by atoms with E-state index in [1.807, 2.05) is 6.92 Å². The summed E-state index contributed by atoms with van der Waals surface area (Å²) < 4.78 is 0. The Labute approximate surface area is 83.9 Å². The summed E-state index contributed by atoms with van der Waals surface area (Å²) in [4.78, 5) is -0.547. The van der Waals surface area contributed by atoms with Crippen molar-refractivity contribution in [2.24, 2.45) is 5.41 Å². The lowest BCUT2D eigenvalue weighted by Gasteiger charge is -2.24. The molecule has 13 heavy (non-hydrogen) atoms. The van der Waals surface area contributed by atoms with Crippen molar-refractivity contribution in [1.29, 1.82) is 0 Å². The zero-order chi connectivity index (χ0) is 9.85. The second-order valence-corrected chi connectivity index (χ2v) is 6.30. The van der Waals surface area contributed by atoms with Crippen molar-refractivity contribution in [3.63, 3.8) is 0 Å². The highest BCUT2D eigenvalue weighted by Gasteiger charge is 2.56. The predicted octanol–water partition coefficient (Wildman–Crippen LogP) is 2.72. The van der Waals surface area contributed by atoms with Crippen LogP contribution in [0.5, 0.6) is 0 Å². The fraction of sp³-hybridized carbons (Fsp3) is 0.636. The summed E-state index contributed by atoms with van der Waals surface area (Å²) >= 11 is 1.64. The molecule has 1 fully saturated rings. The average molecular weight is 196 g/mol. The van der Waals surface area contributed by atoms with Gasteiger partial charge in [0.25, 0.3) is 0 Å². The summed E-state index contributed by atoms with van der Waals surface area (Å²) in [5, 5.41) is 10.3. The Hall–Kier alpha value is -0.210. The van der Waals surface area contributed by atoms with E-state index in [1.54, 1.807) is 11.8 Å². The minimum absolute atomic E-state index is 0.200. The molecular weight excluding hydrogens is 180 g/mol. The molecule has 1 saturated heterocycles. The maximum absolute atomic E-state index is 9.95. The number of allylic oxidation sites excluding steroid dienone is 2. The third-order valence-electron chi connectivity index (χ3n) is 2.77. The van der Waals surface area contributed by atoms with Crippen LogP contribution in [0.2, 0.25) is 0 Å². The second-order valence-electron chi connectivity index (χ2n) is 4.93. The number of rotatable bonds is 0. The van der Waals surface area contributed by atoms with Crippen molar-refractivity contribution in [3.05, 3.63) is 23.3 Å². The van der Waals surface area contributed by atoms with Crippen molar-refractivity contribution >= 4 is 11.8 Å². The number of aliphatic hydroxyl groups is 1. The average Bonchev–Trinajstić information content (AvgIpc) is 2.60. The minimum atomic E-state index is -0.547. The molecule has 1 nitrogen and oxygen atoms in total. The molecule has 2 heteroatoms. The van der Waals surface area contributed by atoms with Crippen molar-refractivity contribution in [2.45, 2.75) is 37.9 Å². The van der Waals surface area contributed by atoms with Gasteiger partial charge in [-0.2, -0.15) is 0 Å². The van der Waals surface area contributed by atoms with Gasteiger partial charge in [-0.25, -0.2) is 0 Å². The molecule has 0 radical (unpaired) electrons. The molecule has 2 rings (SSSR count). The number of fused-ring (bicyclic) bond motifs is 1. The van der Waals surface area contributed by atoms with Gasteiger partial charge >= 0.3 is 0 Å². The van der Waals surface area contributed by atoms with E-state index in [4.69, 9.17) is 0 Å². The molecule has 0 aromatic heterocycles. The fourth-order valence-corrected chi connectivity index (χ4v) is 2.67. The lowest BCUT2D eigenvalue weighted by Crippen LogP contribution is -2.21. The maximum Gasteiger partial charge on any atom is 0.148 e. The summed E-state index contributed by atoms with van der Waals surface area (Å²) in [6, 6.07) is 0. The molecule has 0 aromatic rings. The van der Waals surface area contributed by atoms with Crippen molar-refractivity contribution < 1.29 is 5.11 Å².